The minimum absolute atomic E-state index is 0.486. The molecule has 0 aliphatic heterocycles. The number of aliphatic hydroxyl groups is 2. The third kappa shape index (κ3) is 22.5. The van der Waals surface area contributed by atoms with Crippen molar-refractivity contribution >= 4 is 0 Å². The van der Waals surface area contributed by atoms with Crippen molar-refractivity contribution in [3.63, 3.8) is 0 Å². The molecule has 0 aliphatic rings. The van der Waals surface area contributed by atoms with Crippen LogP contribution in [0.15, 0.2) is 0 Å². The zero-order valence-corrected chi connectivity index (χ0v) is 9.09. The molecule has 0 rings (SSSR count). The van der Waals surface area contributed by atoms with Gasteiger partial charge in [0.1, 0.15) is 0 Å². The van der Waals surface area contributed by atoms with Crippen LogP contribution >= 0.6 is 0 Å². The van der Waals surface area contributed by atoms with Crippen LogP contribution in [-0.2, 0) is 0 Å². The van der Waals surface area contributed by atoms with E-state index in [2.05, 4.69) is 27.7 Å². The van der Waals surface area contributed by atoms with Crippen molar-refractivity contribution in [2.75, 3.05) is 0 Å². The van der Waals surface area contributed by atoms with Crippen LogP contribution in [0, 0.1) is 5.41 Å². The fraction of sp³-hybridized carbons (Fsp3) is 1.00. The molecule has 0 fully saturated rings. The van der Waals surface area contributed by atoms with Crippen molar-refractivity contribution in [3.05, 3.63) is 0 Å². The van der Waals surface area contributed by atoms with Gasteiger partial charge in [0, 0.05) is 0 Å². The molecule has 2 nitrogen and oxygen atoms in total. The fourth-order valence-corrected chi connectivity index (χ4v) is 0.258. The molecule has 0 aromatic heterocycles. The molecule has 12 heavy (non-hydrogen) atoms. The Hall–Kier alpha value is -0.0800. The zero-order chi connectivity index (χ0) is 10.2. The molecular formula is C10H24O2. The molecule has 0 amide bonds. The smallest absolute Gasteiger partial charge is 0.151 e. The lowest BCUT2D eigenvalue weighted by Crippen LogP contribution is -2.01. The summed E-state index contributed by atoms with van der Waals surface area (Å²) in [6.07, 6.45) is 1.49. The van der Waals surface area contributed by atoms with Gasteiger partial charge in [-0.15, -0.1) is 0 Å². The summed E-state index contributed by atoms with van der Waals surface area (Å²) >= 11 is 0. The van der Waals surface area contributed by atoms with Crippen molar-refractivity contribution in [2.45, 2.75) is 60.2 Å². The molecule has 0 saturated carbocycles. The number of aliphatic hydroxyl groups excluding tert-OH is 1. The normalized spacial score (nSPS) is 11.0. The van der Waals surface area contributed by atoms with Crippen LogP contribution in [0.4, 0.5) is 0 Å². The van der Waals surface area contributed by atoms with Gasteiger partial charge < -0.3 is 10.2 Å². The van der Waals surface area contributed by atoms with Gasteiger partial charge in [-0.3, -0.25) is 0 Å². The third-order valence-corrected chi connectivity index (χ3v) is 1.61. The SMILES string of the molecule is CCC(C)(C)C.CCCC(O)O. The maximum atomic E-state index is 8.11. The van der Waals surface area contributed by atoms with Gasteiger partial charge >= 0.3 is 0 Å². The summed E-state index contributed by atoms with van der Waals surface area (Å²) in [5.41, 5.74) is 0.542. The molecule has 0 radical (unpaired) electrons. The van der Waals surface area contributed by atoms with E-state index in [1.54, 1.807) is 0 Å². The molecule has 2 N–H and O–H groups in total. The molecule has 0 heterocycles. The highest BCUT2D eigenvalue weighted by Crippen LogP contribution is 2.16. The first-order valence-corrected chi connectivity index (χ1v) is 4.69. The topological polar surface area (TPSA) is 40.5 Å². The van der Waals surface area contributed by atoms with E-state index in [9.17, 15) is 0 Å². The number of rotatable bonds is 2. The Kier molecular flexibility index (Phi) is 9.10. The number of hydrogen-bond acceptors (Lipinski definition) is 2. The summed E-state index contributed by atoms with van der Waals surface area (Å²) in [5.74, 6) is 0. The molecule has 0 atom stereocenters. The predicted octanol–water partition coefficient (Wildman–Crippen LogP) is 2.54. The zero-order valence-electron chi connectivity index (χ0n) is 9.09. The lowest BCUT2D eigenvalue weighted by molar-refractivity contribution is -0.0453. The molecule has 0 spiro atoms. The van der Waals surface area contributed by atoms with Crippen LogP contribution in [0.2, 0.25) is 0 Å². The van der Waals surface area contributed by atoms with Gasteiger partial charge in [0.25, 0.3) is 0 Å². The molecule has 76 valence electrons. The van der Waals surface area contributed by atoms with Crippen molar-refractivity contribution < 1.29 is 10.2 Å². The van der Waals surface area contributed by atoms with Crippen LogP contribution < -0.4 is 0 Å². The monoisotopic (exact) mass is 176 g/mol. The van der Waals surface area contributed by atoms with Gasteiger partial charge in [0.15, 0.2) is 6.29 Å². The first kappa shape index (κ1) is 14.4. The minimum atomic E-state index is -1.10. The Labute approximate surface area is 76.6 Å². The van der Waals surface area contributed by atoms with Gasteiger partial charge in [0.05, 0.1) is 0 Å². The second-order valence-electron chi connectivity index (χ2n) is 4.18. The average molecular weight is 176 g/mol. The standard InChI is InChI=1S/C6H14.C4H10O2/c1-5-6(2,3)4;1-2-3-4(5)6/h5H2,1-4H3;4-6H,2-3H2,1H3. The summed E-state index contributed by atoms with van der Waals surface area (Å²) in [7, 11) is 0. The first-order chi connectivity index (χ1) is 5.33. The number of hydrogen-bond donors (Lipinski definition) is 2. The first-order valence-electron chi connectivity index (χ1n) is 4.69. The highest BCUT2D eigenvalue weighted by atomic mass is 16.5. The summed E-state index contributed by atoms with van der Waals surface area (Å²) in [5, 5.41) is 16.2. The van der Waals surface area contributed by atoms with E-state index >= 15 is 0 Å². The summed E-state index contributed by atoms with van der Waals surface area (Å²) in [6, 6.07) is 0. The molecule has 0 unspecified atom stereocenters. The molecule has 0 bridgehead atoms. The maximum absolute atomic E-state index is 8.11. The van der Waals surface area contributed by atoms with Crippen LogP contribution in [0.3, 0.4) is 0 Å². The largest absolute Gasteiger partial charge is 0.368 e. The van der Waals surface area contributed by atoms with E-state index in [0.29, 0.717) is 11.8 Å². The molecule has 0 saturated heterocycles. The Morgan fingerprint density at radius 1 is 1.08 bits per heavy atom. The Bertz CT molecular complexity index is 82.3. The highest BCUT2D eigenvalue weighted by Gasteiger charge is 2.03. The molecular weight excluding hydrogens is 152 g/mol. The fourth-order valence-electron chi connectivity index (χ4n) is 0.258. The van der Waals surface area contributed by atoms with Crippen LogP contribution in [-0.4, -0.2) is 16.5 Å². The van der Waals surface area contributed by atoms with E-state index in [-0.39, 0.29) is 0 Å². The minimum Gasteiger partial charge on any atom is -0.368 e. The van der Waals surface area contributed by atoms with E-state index in [4.69, 9.17) is 10.2 Å². The van der Waals surface area contributed by atoms with Gasteiger partial charge in [-0.2, -0.15) is 0 Å². The van der Waals surface area contributed by atoms with E-state index < -0.39 is 6.29 Å². The van der Waals surface area contributed by atoms with E-state index in [1.807, 2.05) is 6.92 Å². The lowest BCUT2D eigenvalue weighted by atomic mass is 9.94. The average Bonchev–Trinajstić information content (AvgIpc) is 1.87. The van der Waals surface area contributed by atoms with Gasteiger partial charge in [-0.25, -0.2) is 0 Å². The molecule has 0 aromatic carbocycles. The maximum Gasteiger partial charge on any atom is 0.151 e. The van der Waals surface area contributed by atoms with Crippen LogP contribution in [0.1, 0.15) is 53.9 Å². The highest BCUT2D eigenvalue weighted by molar-refractivity contribution is 4.55. The Morgan fingerprint density at radius 3 is 1.42 bits per heavy atom. The van der Waals surface area contributed by atoms with Crippen molar-refractivity contribution in [1.82, 2.24) is 0 Å². The predicted molar refractivity (Wildman–Crippen MR) is 52.9 cm³/mol. The Morgan fingerprint density at radius 2 is 1.42 bits per heavy atom. The van der Waals surface area contributed by atoms with Crippen LogP contribution in [0.5, 0.6) is 0 Å². The van der Waals surface area contributed by atoms with E-state index in [1.165, 1.54) is 6.42 Å². The van der Waals surface area contributed by atoms with Crippen molar-refractivity contribution in [2.24, 2.45) is 5.41 Å². The summed E-state index contributed by atoms with van der Waals surface area (Å²) < 4.78 is 0. The Balaban J connectivity index is 0. The van der Waals surface area contributed by atoms with Gasteiger partial charge in [0.2, 0.25) is 0 Å². The second-order valence-corrected chi connectivity index (χ2v) is 4.18. The summed E-state index contributed by atoms with van der Waals surface area (Å²) in [6.45, 7) is 10.8. The van der Waals surface area contributed by atoms with Crippen molar-refractivity contribution in [1.29, 1.82) is 0 Å². The quantitative estimate of drug-likeness (QED) is 0.635. The second kappa shape index (κ2) is 7.56. The van der Waals surface area contributed by atoms with Crippen molar-refractivity contribution in [3.8, 4) is 0 Å². The van der Waals surface area contributed by atoms with Gasteiger partial charge in [-0.1, -0.05) is 47.5 Å². The molecule has 2 heteroatoms. The van der Waals surface area contributed by atoms with Gasteiger partial charge in [-0.05, 0) is 11.8 Å². The summed E-state index contributed by atoms with van der Waals surface area (Å²) in [4.78, 5) is 0. The third-order valence-electron chi connectivity index (χ3n) is 1.61. The van der Waals surface area contributed by atoms with Crippen LogP contribution in [0.25, 0.3) is 0 Å². The van der Waals surface area contributed by atoms with E-state index in [0.717, 1.165) is 6.42 Å². The lowest BCUT2D eigenvalue weighted by Gasteiger charge is -2.12. The molecule has 0 aromatic rings. The molecule has 0 aliphatic carbocycles.